The van der Waals surface area contributed by atoms with Crippen molar-refractivity contribution in [3.63, 3.8) is 0 Å². The highest BCUT2D eigenvalue weighted by molar-refractivity contribution is 5.77. The minimum Gasteiger partial charge on any atom is -0.484 e. The van der Waals surface area contributed by atoms with Crippen LogP contribution in [0.3, 0.4) is 0 Å². The van der Waals surface area contributed by atoms with Crippen LogP contribution in [0.25, 0.3) is 5.82 Å². The summed E-state index contributed by atoms with van der Waals surface area (Å²) in [7, 11) is 0. The summed E-state index contributed by atoms with van der Waals surface area (Å²) in [5.74, 6) is 1.09. The maximum Gasteiger partial charge on any atom is 0.260 e. The van der Waals surface area contributed by atoms with Gasteiger partial charge >= 0.3 is 0 Å². The minimum absolute atomic E-state index is 0.0260. The third kappa shape index (κ3) is 4.87. The zero-order valence-corrected chi connectivity index (χ0v) is 15.6. The van der Waals surface area contributed by atoms with Crippen LogP contribution in [0, 0.1) is 5.82 Å². The molecule has 3 heterocycles. The fourth-order valence-corrected chi connectivity index (χ4v) is 3.06. The number of nitrogens with zero attached hydrogens (tertiary/aromatic N) is 5. The number of halogens is 1. The fourth-order valence-electron chi connectivity index (χ4n) is 3.06. The number of rotatable bonds is 6. The Balaban J connectivity index is 1.22. The van der Waals surface area contributed by atoms with Crippen LogP contribution in [0.1, 0.15) is 12.8 Å². The Hall–Kier alpha value is -3.49. The first-order chi connectivity index (χ1) is 14.2. The molecule has 0 radical (unpaired) electrons. The van der Waals surface area contributed by atoms with E-state index in [1.165, 1.54) is 24.3 Å². The van der Waals surface area contributed by atoms with Gasteiger partial charge in [-0.1, -0.05) is 0 Å². The monoisotopic (exact) mass is 397 g/mol. The van der Waals surface area contributed by atoms with Gasteiger partial charge in [0.2, 0.25) is 5.88 Å². The van der Waals surface area contributed by atoms with Gasteiger partial charge in [0.1, 0.15) is 17.7 Å². The van der Waals surface area contributed by atoms with Gasteiger partial charge in [0.25, 0.3) is 5.91 Å². The zero-order valence-electron chi connectivity index (χ0n) is 15.6. The van der Waals surface area contributed by atoms with Crippen LogP contribution >= 0.6 is 0 Å². The molecule has 0 N–H and O–H groups in total. The summed E-state index contributed by atoms with van der Waals surface area (Å²) in [6, 6.07) is 11.0. The summed E-state index contributed by atoms with van der Waals surface area (Å²) in [6.45, 7) is 1.08. The van der Waals surface area contributed by atoms with Crippen molar-refractivity contribution in [2.45, 2.75) is 18.9 Å². The van der Waals surface area contributed by atoms with Crippen LogP contribution in [-0.4, -0.2) is 56.6 Å². The van der Waals surface area contributed by atoms with Gasteiger partial charge in [-0.25, -0.2) is 9.07 Å². The van der Waals surface area contributed by atoms with Crippen LogP contribution < -0.4 is 9.47 Å². The lowest BCUT2D eigenvalue weighted by molar-refractivity contribution is -0.135. The second-order valence-corrected chi connectivity index (χ2v) is 6.62. The molecule has 1 aliphatic rings. The van der Waals surface area contributed by atoms with E-state index in [2.05, 4.69) is 15.3 Å². The van der Waals surface area contributed by atoms with Gasteiger partial charge in [-0.3, -0.25) is 4.79 Å². The molecular weight excluding hydrogens is 377 g/mol. The van der Waals surface area contributed by atoms with Crippen molar-refractivity contribution in [3.05, 3.63) is 60.7 Å². The number of hydrogen-bond acceptors (Lipinski definition) is 6. The van der Waals surface area contributed by atoms with Gasteiger partial charge in [0, 0.05) is 44.4 Å². The molecule has 1 fully saturated rings. The summed E-state index contributed by atoms with van der Waals surface area (Å²) in [5, 5.41) is 12.3. The summed E-state index contributed by atoms with van der Waals surface area (Å²) in [6.07, 6.45) is 4.83. The Morgan fingerprint density at radius 3 is 2.55 bits per heavy atom. The van der Waals surface area contributed by atoms with Gasteiger partial charge < -0.3 is 14.4 Å². The van der Waals surface area contributed by atoms with E-state index in [1.54, 1.807) is 34.1 Å². The quantitative estimate of drug-likeness (QED) is 0.635. The van der Waals surface area contributed by atoms with Crippen molar-refractivity contribution < 1.29 is 18.7 Å². The first-order valence-electron chi connectivity index (χ1n) is 9.34. The second-order valence-electron chi connectivity index (χ2n) is 6.62. The van der Waals surface area contributed by atoms with Crippen molar-refractivity contribution in [3.8, 4) is 17.4 Å². The molecule has 0 unspecified atom stereocenters. The second kappa shape index (κ2) is 8.68. The summed E-state index contributed by atoms with van der Waals surface area (Å²) < 4.78 is 25.8. The van der Waals surface area contributed by atoms with E-state index in [0.29, 0.717) is 43.4 Å². The average Bonchev–Trinajstić information content (AvgIpc) is 3.29. The molecule has 1 amide bonds. The lowest BCUT2D eigenvalue weighted by Crippen LogP contribution is -2.43. The number of ether oxygens (including phenoxy) is 2. The molecule has 1 saturated heterocycles. The van der Waals surface area contributed by atoms with Crippen molar-refractivity contribution >= 4 is 5.91 Å². The highest BCUT2D eigenvalue weighted by Crippen LogP contribution is 2.18. The number of amides is 1. The molecule has 3 aromatic rings. The third-order valence-electron chi connectivity index (χ3n) is 4.62. The van der Waals surface area contributed by atoms with Gasteiger partial charge in [-0.2, -0.15) is 5.10 Å². The standard InChI is InChI=1S/C20H20FN5O3/c21-15-2-4-16(5-3-15)28-14-20(27)25-12-8-17(9-13-25)29-19-7-6-18(23-24-19)26-11-1-10-22-26/h1-7,10-11,17H,8-9,12-14H2. The molecule has 2 aromatic heterocycles. The van der Waals surface area contributed by atoms with Crippen LogP contribution in [0.2, 0.25) is 0 Å². The van der Waals surface area contributed by atoms with Gasteiger partial charge in [-0.15, -0.1) is 10.2 Å². The number of hydrogen-bond donors (Lipinski definition) is 0. The predicted molar refractivity (Wildman–Crippen MR) is 101 cm³/mol. The molecule has 4 rings (SSSR count). The van der Waals surface area contributed by atoms with Crippen LogP contribution in [0.15, 0.2) is 54.9 Å². The summed E-state index contributed by atoms with van der Waals surface area (Å²) >= 11 is 0. The van der Waals surface area contributed by atoms with Crippen molar-refractivity contribution in [2.24, 2.45) is 0 Å². The lowest BCUT2D eigenvalue weighted by atomic mass is 10.1. The van der Waals surface area contributed by atoms with Crippen molar-refractivity contribution in [1.82, 2.24) is 24.9 Å². The highest BCUT2D eigenvalue weighted by atomic mass is 19.1. The van der Waals surface area contributed by atoms with E-state index < -0.39 is 0 Å². The van der Waals surface area contributed by atoms with E-state index in [4.69, 9.17) is 9.47 Å². The lowest BCUT2D eigenvalue weighted by Gasteiger charge is -2.31. The van der Waals surface area contributed by atoms with Gasteiger partial charge in [0.15, 0.2) is 12.4 Å². The predicted octanol–water partition coefficient (Wildman–Crippen LogP) is 2.25. The molecule has 0 aliphatic carbocycles. The van der Waals surface area contributed by atoms with Crippen LogP contribution in [-0.2, 0) is 4.79 Å². The van der Waals surface area contributed by atoms with E-state index in [9.17, 15) is 9.18 Å². The normalized spacial score (nSPS) is 14.6. The number of aromatic nitrogens is 4. The maximum atomic E-state index is 12.9. The molecule has 8 nitrogen and oxygen atoms in total. The largest absolute Gasteiger partial charge is 0.484 e. The summed E-state index contributed by atoms with van der Waals surface area (Å²) in [5.41, 5.74) is 0. The Morgan fingerprint density at radius 2 is 1.90 bits per heavy atom. The van der Waals surface area contributed by atoms with Crippen LogP contribution in [0.4, 0.5) is 4.39 Å². The Labute approximate surface area is 166 Å². The molecule has 0 saturated carbocycles. The number of benzene rings is 1. The molecule has 0 bridgehead atoms. The molecule has 0 spiro atoms. The molecule has 0 atom stereocenters. The topological polar surface area (TPSA) is 82.4 Å². The maximum absolute atomic E-state index is 12.9. The summed E-state index contributed by atoms with van der Waals surface area (Å²) in [4.78, 5) is 14.1. The van der Waals surface area contributed by atoms with E-state index in [1.807, 2.05) is 6.07 Å². The molecule has 1 aliphatic heterocycles. The first-order valence-corrected chi connectivity index (χ1v) is 9.34. The third-order valence-corrected chi connectivity index (χ3v) is 4.62. The number of carbonyl (C=O) groups is 1. The molecule has 150 valence electrons. The van der Waals surface area contributed by atoms with Gasteiger partial charge in [0.05, 0.1) is 0 Å². The Kier molecular flexibility index (Phi) is 5.64. The first kappa shape index (κ1) is 18.9. The van der Waals surface area contributed by atoms with Crippen molar-refractivity contribution in [2.75, 3.05) is 19.7 Å². The molecule has 1 aromatic carbocycles. The minimum atomic E-state index is -0.341. The number of piperidine rings is 1. The molecule has 29 heavy (non-hydrogen) atoms. The molecular formula is C20H20FN5O3. The average molecular weight is 397 g/mol. The Bertz CT molecular complexity index is 924. The van der Waals surface area contributed by atoms with Gasteiger partial charge in [-0.05, 0) is 36.4 Å². The smallest absolute Gasteiger partial charge is 0.260 e. The number of likely N-dealkylation sites (tertiary alicyclic amines) is 1. The SMILES string of the molecule is O=C(COc1ccc(F)cc1)N1CCC(Oc2ccc(-n3cccn3)nn2)CC1. The molecule has 9 heteroatoms. The zero-order chi connectivity index (χ0) is 20.1. The van der Waals surface area contributed by atoms with E-state index >= 15 is 0 Å². The van der Waals surface area contributed by atoms with E-state index in [0.717, 1.165) is 0 Å². The van der Waals surface area contributed by atoms with E-state index in [-0.39, 0.29) is 24.4 Å². The highest BCUT2D eigenvalue weighted by Gasteiger charge is 2.24. The van der Waals surface area contributed by atoms with Crippen molar-refractivity contribution in [1.29, 1.82) is 0 Å². The van der Waals surface area contributed by atoms with Crippen LogP contribution in [0.5, 0.6) is 11.6 Å². The fraction of sp³-hybridized carbons (Fsp3) is 0.300. The Morgan fingerprint density at radius 1 is 1.10 bits per heavy atom. The number of carbonyl (C=O) groups excluding carboxylic acids is 1.